The molecule has 2 aromatic rings. The van der Waals surface area contributed by atoms with Crippen LogP contribution in [0.2, 0.25) is 10.0 Å². The Hall–Kier alpha value is -2.91. The van der Waals surface area contributed by atoms with Gasteiger partial charge in [0.2, 0.25) is 0 Å². The molecule has 180 valence electrons. The molecule has 0 fully saturated rings. The number of allylic oxidation sites excluding steroid dienone is 2. The number of nitrogens with one attached hydrogen (secondary N) is 2. The molecule has 6 N–H and O–H groups in total. The molecule has 0 saturated carbocycles. The first-order valence-electron chi connectivity index (χ1n) is 10.1. The van der Waals surface area contributed by atoms with E-state index in [0.29, 0.717) is 34.3 Å². The quantitative estimate of drug-likeness (QED) is 0.146. The Morgan fingerprint density at radius 2 is 1.91 bits per heavy atom. The third kappa shape index (κ3) is 4.81. The number of aliphatic imine (C=N–C) groups is 1. The second-order valence-electron chi connectivity index (χ2n) is 7.97. The average molecular weight is 514 g/mol. The monoisotopic (exact) mass is 513 g/mol. The van der Waals surface area contributed by atoms with Gasteiger partial charge in [-0.15, -0.1) is 0 Å². The van der Waals surface area contributed by atoms with E-state index < -0.39 is 35.1 Å². The molecule has 0 bridgehead atoms. The van der Waals surface area contributed by atoms with Crippen molar-refractivity contribution in [2.45, 2.75) is 37.8 Å². The van der Waals surface area contributed by atoms with E-state index in [2.05, 4.69) is 4.99 Å². The van der Waals surface area contributed by atoms with Gasteiger partial charge in [0.05, 0.1) is 16.4 Å². The summed E-state index contributed by atoms with van der Waals surface area (Å²) in [6, 6.07) is 5.59. The van der Waals surface area contributed by atoms with Crippen LogP contribution in [0.3, 0.4) is 0 Å². The van der Waals surface area contributed by atoms with E-state index in [0.717, 1.165) is 12.3 Å². The Balaban J connectivity index is 2.16. The van der Waals surface area contributed by atoms with Gasteiger partial charge >= 0.3 is 6.18 Å². The molecule has 2 unspecified atom stereocenters. The molecule has 2 atom stereocenters. The van der Waals surface area contributed by atoms with Crippen LogP contribution in [-0.4, -0.2) is 24.3 Å². The van der Waals surface area contributed by atoms with Crippen LogP contribution in [0.15, 0.2) is 40.5 Å². The minimum atomic E-state index is -4.84. The number of fused-ring (bicyclic) bond motifs is 1. The fourth-order valence-corrected chi connectivity index (χ4v) is 4.98. The van der Waals surface area contributed by atoms with E-state index in [9.17, 15) is 17.6 Å². The molecule has 34 heavy (non-hydrogen) atoms. The average Bonchev–Trinajstić information content (AvgIpc) is 2.76. The summed E-state index contributed by atoms with van der Waals surface area (Å²) < 4.78 is 54.1. The second kappa shape index (κ2) is 9.76. The van der Waals surface area contributed by atoms with Crippen molar-refractivity contribution in [1.82, 2.24) is 0 Å². The standard InChI is InChI=1S/C23H21Cl2F4N5/c1-10(19-14(24)2-3-15(26)21(19)25)6-11-7-18(13(9-31)22(33)23(27,28)29)34-17-5-4-16(32)12(8-30)20(11)17/h2-5,8-11,30-31H,6-7,32-33H2,1H3. The lowest BCUT2D eigenvalue weighted by molar-refractivity contribution is -0.0928. The Morgan fingerprint density at radius 3 is 2.50 bits per heavy atom. The number of benzene rings is 2. The number of halogens is 6. The van der Waals surface area contributed by atoms with Crippen molar-refractivity contribution in [2.75, 3.05) is 5.73 Å². The van der Waals surface area contributed by atoms with Crippen molar-refractivity contribution in [2.24, 2.45) is 10.7 Å². The zero-order chi connectivity index (χ0) is 25.4. The van der Waals surface area contributed by atoms with Gasteiger partial charge in [-0.05, 0) is 60.1 Å². The van der Waals surface area contributed by atoms with Crippen LogP contribution in [-0.2, 0) is 0 Å². The van der Waals surface area contributed by atoms with Crippen LogP contribution in [0.5, 0.6) is 0 Å². The molecule has 1 aliphatic heterocycles. The zero-order valence-corrected chi connectivity index (χ0v) is 19.4. The summed E-state index contributed by atoms with van der Waals surface area (Å²) in [5, 5.41) is 15.5. The summed E-state index contributed by atoms with van der Waals surface area (Å²) in [5.74, 6) is -1.56. The van der Waals surface area contributed by atoms with E-state index >= 15 is 0 Å². The van der Waals surface area contributed by atoms with Crippen molar-refractivity contribution < 1.29 is 17.6 Å². The highest BCUT2D eigenvalue weighted by molar-refractivity contribution is 6.36. The highest BCUT2D eigenvalue weighted by Crippen LogP contribution is 2.46. The predicted molar refractivity (Wildman–Crippen MR) is 129 cm³/mol. The SMILES string of the molecule is CC(CC1CC(C(C=N)=C(N)C(F)(F)F)=Nc2ccc(N)c(C=N)c21)c1c(Cl)ccc(F)c1Cl. The number of alkyl halides is 3. The molecular weight excluding hydrogens is 493 g/mol. The first-order chi connectivity index (χ1) is 15.9. The minimum Gasteiger partial charge on any atom is -0.398 e. The van der Waals surface area contributed by atoms with Gasteiger partial charge in [0, 0.05) is 34.3 Å². The fraction of sp³-hybridized carbons (Fsp3) is 0.261. The summed E-state index contributed by atoms with van der Waals surface area (Å²) in [6.45, 7) is 1.77. The van der Waals surface area contributed by atoms with Crippen LogP contribution in [0.1, 0.15) is 48.3 Å². The number of hydrogen-bond acceptors (Lipinski definition) is 5. The van der Waals surface area contributed by atoms with Gasteiger partial charge in [-0.25, -0.2) is 4.39 Å². The molecular formula is C23H21Cl2F4N5. The molecule has 0 spiro atoms. The van der Waals surface area contributed by atoms with Crippen LogP contribution in [0, 0.1) is 16.6 Å². The summed E-state index contributed by atoms with van der Waals surface area (Å²) in [7, 11) is 0. The van der Waals surface area contributed by atoms with E-state index in [-0.39, 0.29) is 28.6 Å². The van der Waals surface area contributed by atoms with Crippen LogP contribution in [0.4, 0.5) is 28.9 Å². The normalized spacial score (nSPS) is 17.4. The Bertz CT molecular complexity index is 1220. The maximum Gasteiger partial charge on any atom is 0.431 e. The number of hydrogen-bond donors (Lipinski definition) is 4. The van der Waals surface area contributed by atoms with Crippen LogP contribution in [0.25, 0.3) is 0 Å². The summed E-state index contributed by atoms with van der Waals surface area (Å²) >= 11 is 12.5. The molecule has 11 heteroatoms. The lowest BCUT2D eigenvalue weighted by Crippen LogP contribution is -2.27. The largest absolute Gasteiger partial charge is 0.431 e. The van der Waals surface area contributed by atoms with E-state index in [1.54, 1.807) is 13.0 Å². The van der Waals surface area contributed by atoms with Gasteiger partial charge < -0.3 is 22.3 Å². The molecule has 0 saturated heterocycles. The number of nitrogens with two attached hydrogens (primary N) is 2. The lowest BCUT2D eigenvalue weighted by Gasteiger charge is -2.30. The zero-order valence-electron chi connectivity index (χ0n) is 17.9. The fourth-order valence-electron chi connectivity index (χ4n) is 4.24. The summed E-state index contributed by atoms with van der Waals surface area (Å²) in [4.78, 5) is 4.34. The van der Waals surface area contributed by atoms with Crippen LogP contribution >= 0.6 is 23.2 Å². The lowest BCUT2D eigenvalue weighted by atomic mass is 9.78. The molecule has 0 amide bonds. The Labute approximate surface area is 203 Å². The molecule has 0 aromatic heterocycles. The van der Waals surface area contributed by atoms with Gasteiger partial charge in [-0.1, -0.05) is 30.1 Å². The van der Waals surface area contributed by atoms with Crippen molar-refractivity contribution in [3.63, 3.8) is 0 Å². The number of anilines is 1. The first kappa shape index (κ1) is 25.7. The molecule has 0 radical (unpaired) electrons. The number of nitrogens with zero attached hydrogens (tertiary/aromatic N) is 1. The van der Waals surface area contributed by atoms with Crippen molar-refractivity contribution in [3.8, 4) is 0 Å². The van der Waals surface area contributed by atoms with Crippen molar-refractivity contribution in [1.29, 1.82) is 10.8 Å². The van der Waals surface area contributed by atoms with Gasteiger partial charge in [0.15, 0.2) is 0 Å². The van der Waals surface area contributed by atoms with E-state index in [1.807, 2.05) is 0 Å². The molecule has 1 heterocycles. The van der Waals surface area contributed by atoms with Gasteiger partial charge in [0.25, 0.3) is 0 Å². The summed E-state index contributed by atoms with van der Waals surface area (Å²) in [5.41, 5.74) is 11.3. The highest BCUT2D eigenvalue weighted by atomic mass is 35.5. The van der Waals surface area contributed by atoms with Gasteiger partial charge in [-0.2, -0.15) is 13.2 Å². The molecule has 5 nitrogen and oxygen atoms in total. The van der Waals surface area contributed by atoms with E-state index in [1.165, 1.54) is 12.1 Å². The third-order valence-corrected chi connectivity index (χ3v) is 6.52. The second-order valence-corrected chi connectivity index (χ2v) is 8.75. The van der Waals surface area contributed by atoms with Crippen molar-refractivity contribution in [3.05, 3.63) is 68.1 Å². The first-order valence-corrected chi connectivity index (χ1v) is 10.9. The topological polar surface area (TPSA) is 112 Å². The van der Waals surface area contributed by atoms with Gasteiger partial charge in [0.1, 0.15) is 11.5 Å². The van der Waals surface area contributed by atoms with Crippen molar-refractivity contribution >= 4 is 52.7 Å². The number of nitrogen functional groups attached to an aromatic ring is 1. The Kier molecular flexibility index (Phi) is 7.38. The van der Waals surface area contributed by atoms with Crippen LogP contribution < -0.4 is 11.5 Å². The minimum absolute atomic E-state index is 0.0202. The third-order valence-electron chi connectivity index (χ3n) is 5.81. The molecule has 0 aliphatic carbocycles. The van der Waals surface area contributed by atoms with E-state index in [4.69, 9.17) is 45.5 Å². The Morgan fingerprint density at radius 1 is 1.24 bits per heavy atom. The maximum atomic E-state index is 14.1. The molecule has 1 aliphatic rings. The molecule has 3 rings (SSSR count). The molecule has 2 aromatic carbocycles. The highest BCUT2D eigenvalue weighted by Gasteiger charge is 2.37. The maximum absolute atomic E-state index is 14.1. The number of rotatable bonds is 6. The van der Waals surface area contributed by atoms with Gasteiger partial charge in [-0.3, -0.25) is 4.99 Å². The summed E-state index contributed by atoms with van der Waals surface area (Å²) in [6.07, 6.45) is -3.00. The predicted octanol–water partition coefficient (Wildman–Crippen LogP) is 6.89. The smallest absolute Gasteiger partial charge is 0.398 e.